The predicted molar refractivity (Wildman–Crippen MR) is 67.5 cm³/mol. The average Bonchev–Trinajstić information content (AvgIpc) is 2.31. The third-order valence-electron chi connectivity index (χ3n) is 2.79. The Labute approximate surface area is 90.8 Å². The largest absolute Gasteiger partial charge is 0.299 e. The van der Waals surface area contributed by atoms with Crippen molar-refractivity contribution < 1.29 is 0 Å². The highest BCUT2D eigenvalue weighted by atomic mass is 28.3. The number of nitrogens with zero attached hydrogens (tertiary/aromatic N) is 1. The number of hydrogen-bond acceptors (Lipinski definition) is 1. The third-order valence-corrected chi connectivity index (χ3v) is 4.03. The van der Waals surface area contributed by atoms with Crippen LogP contribution in [0, 0.1) is 0 Å². The van der Waals surface area contributed by atoms with Gasteiger partial charge in [-0.15, -0.1) is 0 Å². The van der Waals surface area contributed by atoms with Crippen LogP contribution in [0.3, 0.4) is 0 Å². The van der Waals surface area contributed by atoms with E-state index in [1.54, 1.807) is 5.57 Å². The Morgan fingerprint density at radius 1 is 1.14 bits per heavy atom. The van der Waals surface area contributed by atoms with Gasteiger partial charge in [-0.2, -0.15) is 0 Å². The fourth-order valence-electron chi connectivity index (χ4n) is 2.27. The zero-order valence-electron chi connectivity index (χ0n) is 10.1. The highest BCUT2D eigenvalue weighted by Gasteiger charge is 2.08. The van der Waals surface area contributed by atoms with Crippen LogP contribution in [0.4, 0.5) is 0 Å². The molecule has 1 rings (SSSR count). The van der Waals surface area contributed by atoms with Gasteiger partial charge in [-0.25, -0.2) is 0 Å². The van der Waals surface area contributed by atoms with Gasteiger partial charge in [0.05, 0.1) is 8.80 Å². The number of hydrogen-bond donors (Lipinski definition) is 0. The first-order valence-electron chi connectivity index (χ1n) is 6.08. The lowest BCUT2D eigenvalue weighted by atomic mass is 10.2. The summed E-state index contributed by atoms with van der Waals surface area (Å²) in [7, 11) is -0.500. The lowest BCUT2D eigenvalue weighted by molar-refractivity contribution is 0.309. The van der Waals surface area contributed by atoms with Gasteiger partial charge in [0.1, 0.15) is 0 Å². The Kier molecular flexibility index (Phi) is 5.49. The van der Waals surface area contributed by atoms with Gasteiger partial charge in [-0.3, -0.25) is 4.90 Å². The predicted octanol–water partition coefficient (Wildman–Crippen LogP) is 2.83. The summed E-state index contributed by atoms with van der Waals surface area (Å²) in [6.07, 6.45) is 5.70. The molecule has 1 heterocycles. The lowest BCUT2D eigenvalue weighted by Gasteiger charge is -2.20. The van der Waals surface area contributed by atoms with Crippen LogP contribution in [0.25, 0.3) is 0 Å². The molecule has 0 N–H and O–H groups in total. The summed E-state index contributed by atoms with van der Waals surface area (Å²) >= 11 is 0. The third kappa shape index (κ3) is 4.96. The molecular formula is C12H25NSi. The van der Waals surface area contributed by atoms with E-state index in [9.17, 15) is 0 Å². The van der Waals surface area contributed by atoms with Gasteiger partial charge in [-0.05, 0) is 32.9 Å². The molecule has 1 nitrogen and oxygen atoms in total. The topological polar surface area (TPSA) is 3.24 Å². The second-order valence-electron chi connectivity index (χ2n) is 4.95. The van der Waals surface area contributed by atoms with E-state index >= 15 is 0 Å². The molecule has 0 atom stereocenters. The van der Waals surface area contributed by atoms with Crippen LogP contribution in [-0.4, -0.2) is 33.3 Å². The summed E-state index contributed by atoms with van der Waals surface area (Å²) in [6.45, 7) is 11.0. The summed E-state index contributed by atoms with van der Waals surface area (Å²) in [5, 5.41) is 0. The van der Waals surface area contributed by atoms with Crippen molar-refractivity contribution in [3.8, 4) is 0 Å². The maximum absolute atomic E-state index is 2.63. The molecule has 2 heteroatoms. The van der Waals surface area contributed by atoms with Crippen LogP contribution in [0.5, 0.6) is 0 Å². The van der Waals surface area contributed by atoms with E-state index in [1.807, 2.05) is 0 Å². The van der Waals surface area contributed by atoms with E-state index in [0.717, 1.165) is 0 Å². The maximum Gasteiger partial charge on any atom is 0.0554 e. The summed E-state index contributed by atoms with van der Waals surface area (Å²) < 4.78 is 0. The molecular weight excluding hydrogens is 186 g/mol. The molecule has 0 aromatic carbocycles. The highest BCUT2D eigenvalue weighted by molar-refractivity contribution is 6.61. The van der Waals surface area contributed by atoms with Gasteiger partial charge >= 0.3 is 0 Å². The van der Waals surface area contributed by atoms with Crippen LogP contribution < -0.4 is 0 Å². The fraction of sp³-hybridized carbons (Fsp3) is 0.833. The second-order valence-corrected chi connectivity index (χ2v) is 7.77. The van der Waals surface area contributed by atoms with E-state index in [1.165, 1.54) is 45.3 Å². The molecule has 14 heavy (non-hydrogen) atoms. The average molecular weight is 211 g/mol. The smallest absolute Gasteiger partial charge is 0.0554 e. The van der Waals surface area contributed by atoms with Crippen molar-refractivity contribution in [1.29, 1.82) is 0 Å². The minimum Gasteiger partial charge on any atom is -0.299 e. The van der Waals surface area contributed by atoms with Crippen LogP contribution in [0.15, 0.2) is 11.3 Å². The van der Waals surface area contributed by atoms with Crippen LogP contribution >= 0.6 is 0 Å². The summed E-state index contributed by atoms with van der Waals surface area (Å²) in [5.74, 6) is 0. The monoisotopic (exact) mass is 211 g/mol. The lowest BCUT2D eigenvalue weighted by Crippen LogP contribution is -2.26. The molecule has 0 saturated carbocycles. The van der Waals surface area contributed by atoms with Crippen LogP contribution in [-0.2, 0) is 0 Å². The molecule has 1 aliphatic heterocycles. The van der Waals surface area contributed by atoms with Gasteiger partial charge < -0.3 is 0 Å². The van der Waals surface area contributed by atoms with E-state index in [4.69, 9.17) is 0 Å². The Balaban J connectivity index is 2.34. The maximum atomic E-state index is 2.63. The molecule has 82 valence electrons. The van der Waals surface area contributed by atoms with Gasteiger partial charge in [0.25, 0.3) is 0 Å². The van der Waals surface area contributed by atoms with E-state index in [0.29, 0.717) is 0 Å². The van der Waals surface area contributed by atoms with Crippen molar-refractivity contribution in [1.82, 2.24) is 4.90 Å². The quantitative estimate of drug-likeness (QED) is 0.649. The van der Waals surface area contributed by atoms with Gasteiger partial charge in [0.2, 0.25) is 0 Å². The summed E-state index contributed by atoms with van der Waals surface area (Å²) in [4.78, 5) is 2.63. The standard InChI is InChI=1S/C12H25NSi/c1-12(11-14(2)3)10-13-8-6-4-5-7-9-13/h11,14H,4-10H2,1-3H3. The highest BCUT2D eigenvalue weighted by Crippen LogP contribution is 2.11. The summed E-state index contributed by atoms with van der Waals surface area (Å²) in [5.41, 5.74) is 4.14. The van der Waals surface area contributed by atoms with Crippen LogP contribution in [0.1, 0.15) is 32.6 Å². The summed E-state index contributed by atoms with van der Waals surface area (Å²) in [6, 6.07) is 0. The molecule has 0 aromatic rings. The van der Waals surface area contributed by atoms with E-state index < -0.39 is 8.80 Å². The Bertz CT molecular complexity index is 179. The normalized spacial score (nSPS) is 21.3. The Morgan fingerprint density at radius 3 is 2.21 bits per heavy atom. The van der Waals surface area contributed by atoms with Crippen molar-refractivity contribution in [3.05, 3.63) is 11.3 Å². The molecule has 0 amide bonds. The van der Waals surface area contributed by atoms with Crippen molar-refractivity contribution >= 4 is 8.80 Å². The Morgan fingerprint density at radius 2 is 1.71 bits per heavy atom. The number of rotatable bonds is 3. The van der Waals surface area contributed by atoms with Crippen molar-refractivity contribution in [2.75, 3.05) is 19.6 Å². The molecule has 0 bridgehead atoms. The van der Waals surface area contributed by atoms with Crippen molar-refractivity contribution in [3.63, 3.8) is 0 Å². The zero-order chi connectivity index (χ0) is 10.4. The first-order valence-corrected chi connectivity index (χ1v) is 9.06. The molecule has 0 radical (unpaired) electrons. The molecule has 1 fully saturated rings. The van der Waals surface area contributed by atoms with Gasteiger partial charge in [0, 0.05) is 6.54 Å². The van der Waals surface area contributed by atoms with Crippen molar-refractivity contribution in [2.24, 2.45) is 0 Å². The molecule has 0 aliphatic carbocycles. The molecule has 0 unspecified atom stereocenters. The van der Waals surface area contributed by atoms with E-state index in [-0.39, 0.29) is 0 Å². The molecule has 1 saturated heterocycles. The fourth-order valence-corrected chi connectivity index (χ4v) is 3.51. The van der Waals surface area contributed by atoms with Gasteiger partial charge in [-0.1, -0.05) is 37.2 Å². The number of likely N-dealkylation sites (tertiary alicyclic amines) is 1. The first kappa shape index (κ1) is 12.0. The van der Waals surface area contributed by atoms with Crippen molar-refractivity contribution in [2.45, 2.75) is 45.7 Å². The minimum absolute atomic E-state index is 0.500. The molecule has 0 aromatic heterocycles. The zero-order valence-corrected chi connectivity index (χ0v) is 11.2. The second kappa shape index (κ2) is 6.41. The first-order chi connectivity index (χ1) is 6.68. The van der Waals surface area contributed by atoms with Crippen LogP contribution in [0.2, 0.25) is 13.1 Å². The molecule has 1 aliphatic rings. The Hall–Kier alpha value is -0.0831. The minimum atomic E-state index is -0.500. The van der Waals surface area contributed by atoms with Gasteiger partial charge in [0.15, 0.2) is 0 Å². The SMILES string of the molecule is CC(=C[SiH](C)C)CN1CCCCCC1. The molecule has 0 spiro atoms. The van der Waals surface area contributed by atoms with E-state index in [2.05, 4.69) is 30.6 Å².